The Morgan fingerprint density at radius 2 is 2.00 bits per heavy atom. The third-order valence-electron chi connectivity index (χ3n) is 0.559. The molecule has 0 N–H and O–H groups in total. The van der Waals surface area contributed by atoms with Gasteiger partial charge >= 0.3 is 0 Å². The maximum atomic E-state index is 9.94. The lowest BCUT2D eigenvalue weighted by atomic mass is 10.8. The summed E-state index contributed by atoms with van der Waals surface area (Å²) in [6.07, 6.45) is 0. The van der Waals surface area contributed by atoms with E-state index in [0.29, 0.717) is 0 Å². The molecule has 3 nitrogen and oxygen atoms in total. The van der Waals surface area contributed by atoms with E-state index < -0.39 is 0 Å². The second-order valence-electron chi connectivity index (χ2n) is 1.15. The standard InChI is InChI=1S/C3H6O3P2/c1-6-2-3(7-4)8-5/h3H,2H2,1H3. The number of methoxy groups -OCH3 is 1. The smallest absolute Gasteiger partial charge is 0.173 e. The van der Waals surface area contributed by atoms with Crippen LogP contribution in [0.1, 0.15) is 0 Å². The van der Waals surface area contributed by atoms with E-state index in [0.717, 1.165) is 0 Å². The minimum atomic E-state index is -0.389. The fraction of sp³-hybridized carbons (Fsp3) is 1.00. The molecule has 0 aromatic heterocycles. The van der Waals surface area contributed by atoms with Crippen LogP contribution < -0.4 is 0 Å². The number of hydrogen-bond acceptors (Lipinski definition) is 3. The van der Waals surface area contributed by atoms with Crippen LogP contribution in [-0.4, -0.2) is 19.1 Å². The summed E-state index contributed by atoms with van der Waals surface area (Å²) in [6.45, 7) is 0.274. The maximum Gasteiger partial charge on any atom is 0.173 e. The van der Waals surface area contributed by atoms with E-state index in [1.54, 1.807) is 0 Å². The number of ether oxygens (including phenoxy) is 1. The maximum absolute atomic E-state index is 9.94. The molecule has 0 aliphatic rings. The zero-order chi connectivity index (χ0) is 6.41. The molecule has 5 heteroatoms. The number of rotatable bonds is 4. The Bertz CT molecular complexity index is 76.6. The molecule has 0 atom stereocenters. The van der Waals surface area contributed by atoms with Crippen LogP contribution in [0, 0.1) is 0 Å². The van der Waals surface area contributed by atoms with Crippen molar-refractivity contribution in [2.75, 3.05) is 13.7 Å². The average Bonchev–Trinajstić information content (AvgIpc) is 1.83. The summed E-state index contributed by atoms with van der Waals surface area (Å²) in [4.78, 5) is 0. The molecule has 0 unspecified atom stereocenters. The Labute approximate surface area is 50.8 Å². The topological polar surface area (TPSA) is 43.4 Å². The second-order valence-corrected chi connectivity index (χ2v) is 3.22. The van der Waals surface area contributed by atoms with E-state index in [-0.39, 0.29) is 28.9 Å². The van der Waals surface area contributed by atoms with Crippen LogP contribution >= 0.6 is 16.9 Å². The summed E-state index contributed by atoms with van der Waals surface area (Å²) in [5, 5.41) is -0.389. The van der Waals surface area contributed by atoms with Gasteiger partial charge in [0.1, 0.15) is 5.40 Å². The van der Waals surface area contributed by atoms with E-state index in [4.69, 9.17) is 0 Å². The lowest BCUT2D eigenvalue weighted by Crippen LogP contribution is -1.97. The highest BCUT2D eigenvalue weighted by molar-refractivity contribution is 7.44. The van der Waals surface area contributed by atoms with E-state index >= 15 is 0 Å². The predicted molar refractivity (Wildman–Crippen MR) is 30.9 cm³/mol. The zero-order valence-corrected chi connectivity index (χ0v) is 6.19. The fourth-order valence-corrected chi connectivity index (χ4v) is 0.803. The quantitative estimate of drug-likeness (QED) is 0.574. The van der Waals surface area contributed by atoms with Crippen molar-refractivity contribution in [3.05, 3.63) is 0 Å². The van der Waals surface area contributed by atoms with Crippen LogP contribution in [0.15, 0.2) is 0 Å². The van der Waals surface area contributed by atoms with Gasteiger partial charge in [-0.1, -0.05) is 0 Å². The van der Waals surface area contributed by atoms with Crippen molar-refractivity contribution >= 4 is 16.9 Å². The predicted octanol–water partition coefficient (Wildman–Crippen LogP) is 1.54. The van der Waals surface area contributed by atoms with Crippen molar-refractivity contribution in [1.82, 2.24) is 0 Å². The van der Waals surface area contributed by atoms with Gasteiger partial charge in [-0.2, -0.15) is 0 Å². The summed E-state index contributed by atoms with van der Waals surface area (Å²) in [5.41, 5.74) is 0. The van der Waals surface area contributed by atoms with Crippen LogP contribution in [0.2, 0.25) is 0 Å². The zero-order valence-electron chi connectivity index (χ0n) is 4.40. The monoisotopic (exact) mass is 152 g/mol. The summed E-state index contributed by atoms with van der Waals surface area (Å²) in [5.74, 6) is 0. The van der Waals surface area contributed by atoms with Gasteiger partial charge in [0, 0.05) is 7.11 Å². The Balaban J connectivity index is 3.35. The van der Waals surface area contributed by atoms with Crippen molar-refractivity contribution < 1.29 is 13.9 Å². The highest BCUT2D eigenvalue weighted by Gasteiger charge is 2.04. The minimum absolute atomic E-state index is 0.125. The van der Waals surface area contributed by atoms with Crippen LogP contribution in [-0.2, 0) is 13.9 Å². The van der Waals surface area contributed by atoms with Gasteiger partial charge in [-0.05, 0) is 0 Å². The average molecular weight is 152 g/mol. The van der Waals surface area contributed by atoms with Gasteiger partial charge < -0.3 is 4.74 Å². The van der Waals surface area contributed by atoms with Crippen molar-refractivity contribution in [2.24, 2.45) is 0 Å². The first-order chi connectivity index (χ1) is 3.85. The van der Waals surface area contributed by atoms with Crippen molar-refractivity contribution in [2.45, 2.75) is 5.40 Å². The van der Waals surface area contributed by atoms with Crippen molar-refractivity contribution in [3.63, 3.8) is 0 Å². The Hall–Kier alpha value is 0.160. The third-order valence-corrected chi connectivity index (χ3v) is 1.91. The molecule has 0 aliphatic carbocycles. The second kappa shape index (κ2) is 5.30. The first kappa shape index (κ1) is 8.16. The van der Waals surface area contributed by atoms with Gasteiger partial charge in [0.2, 0.25) is 0 Å². The molecule has 0 bridgehead atoms. The summed E-state index contributed by atoms with van der Waals surface area (Å²) in [6, 6.07) is 0. The van der Waals surface area contributed by atoms with E-state index in [1.807, 2.05) is 0 Å². The van der Waals surface area contributed by atoms with Crippen LogP contribution in [0.5, 0.6) is 0 Å². The minimum Gasteiger partial charge on any atom is -0.383 e. The Morgan fingerprint density at radius 3 is 2.12 bits per heavy atom. The molecule has 0 radical (unpaired) electrons. The van der Waals surface area contributed by atoms with Crippen molar-refractivity contribution in [1.29, 1.82) is 0 Å². The van der Waals surface area contributed by atoms with Gasteiger partial charge in [0.05, 0.1) is 6.61 Å². The van der Waals surface area contributed by atoms with E-state index in [1.165, 1.54) is 7.11 Å². The molecular formula is C3H6O3P2. The van der Waals surface area contributed by atoms with Gasteiger partial charge in [0.15, 0.2) is 16.9 Å². The largest absolute Gasteiger partial charge is 0.383 e. The lowest BCUT2D eigenvalue weighted by Gasteiger charge is -1.93. The summed E-state index contributed by atoms with van der Waals surface area (Å²) >= 11 is 0. The molecule has 0 heterocycles. The molecule has 0 saturated carbocycles. The Morgan fingerprint density at radius 1 is 1.50 bits per heavy atom. The lowest BCUT2D eigenvalue weighted by molar-refractivity contribution is 0.211. The van der Waals surface area contributed by atoms with Crippen LogP contribution in [0.4, 0.5) is 0 Å². The Kier molecular flexibility index (Phi) is 5.41. The molecule has 8 heavy (non-hydrogen) atoms. The molecule has 0 amide bonds. The molecule has 0 saturated heterocycles. The molecule has 0 aliphatic heterocycles. The molecule has 0 aromatic rings. The molecular weight excluding hydrogens is 146 g/mol. The molecule has 0 fully saturated rings. The number of hydrogen-bond donors (Lipinski definition) is 0. The van der Waals surface area contributed by atoms with Gasteiger partial charge in [0.25, 0.3) is 0 Å². The van der Waals surface area contributed by atoms with E-state index in [9.17, 15) is 9.13 Å². The first-order valence-corrected chi connectivity index (χ1v) is 3.75. The summed E-state index contributed by atoms with van der Waals surface area (Å²) in [7, 11) is 1.23. The van der Waals surface area contributed by atoms with Gasteiger partial charge in [-0.3, -0.25) is 9.13 Å². The molecule has 0 spiro atoms. The van der Waals surface area contributed by atoms with Gasteiger partial charge in [-0.15, -0.1) is 0 Å². The molecule has 0 aromatic carbocycles. The summed E-state index contributed by atoms with van der Waals surface area (Å²) < 4.78 is 24.4. The van der Waals surface area contributed by atoms with E-state index in [2.05, 4.69) is 4.74 Å². The first-order valence-electron chi connectivity index (χ1n) is 1.99. The highest BCUT2D eigenvalue weighted by atomic mass is 31.1. The van der Waals surface area contributed by atoms with Crippen LogP contribution in [0.3, 0.4) is 0 Å². The highest BCUT2D eigenvalue weighted by Crippen LogP contribution is 2.18. The molecule has 0 rings (SSSR count). The normalized spacial score (nSPS) is 14.6. The molecule has 46 valence electrons. The fourth-order valence-electron chi connectivity index (χ4n) is 0.229. The SMILES string of the molecule is COCC(P=O)P=O. The van der Waals surface area contributed by atoms with Gasteiger partial charge in [-0.25, -0.2) is 0 Å². The third kappa shape index (κ3) is 3.20. The van der Waals surface area contributed by atoms with Crippen LogP contribution in [0.25, 0.3) is 0 Å². The van der Waals surface area contributed by atoms with Crippen molar-refractivity contribution in [3.8, 4) is 0 Å².